The highest BCUT2D eigenvalue weighted by Crippen LogP contribution is 2.58. The summed E-state index contributed by atoms with van der Waals surface area (Å²) in [6, 6.07) is 94.7. The minimum atomic E-state index is 1.14. The summed E-state index contributed by atoms with van der Waals surface area (Å²) in [5, 5.41) is 29.5. The van der Waals surface area contributed by atoms with Gasteiger partial charge in [0.2, 0.25) is 0 Å². The monoisotopic (exact) mass is 1060 g/mol. The molecule has 0 radical (unpaired) electrons. The fourth-order valence-electron chi connectivity index (χ4n) is 14.0. The first-order valence-corrected chi connectivity index (χ1v) is 29.7. The minimum absolute atomic E-state index is 1.14. The molecule has 0 aliphatic rings. The van der Waals surface area contributed by atoms with Gasteiger partial charge in [-0.2, -0.15) is 0 Å². The van der Waals surface area contributed by atoms with Crippen LogP contribution in [0.15, 0.2) is 249 Å². The first-order chi connectivity index (χ1) is 40.9. The van der Waals surface area contributed by atoms with Crippen LogP contribution in [-0.2, 0) is 0 Å². The Morgan fingerprint density at radius 1 is 0.205 bits per heavy atom. The van der Waals surface area contributed by atoms with Gasteiger partial charge in [-0.15, -0.1) is 0 Å². The minimum Gasteiger partial charge on any atom is -0.307 e. The van der Waals surface area contributed by atoms with Gasteiger partial charge < -0.3 is 9.80 Å². The number of benzene rings is 17. The molecule has 0 aliphatic carbocycles. The van der Waals surface area contributed by atoms with E-state index in [1.807, 2.05) is 27.7 Å². The lowest BCUT2D eigenvalue weighted by molar-refractivity contribution is 1.32. The molecule has 396 valence electrons. The number of nitrogens with zero attached hydrogens (tertiary/aromatic N) is 2. The van der Waals surface area contributed by atoms with E-state index in [-0.39, 0.29) is 0 Å². The molecule has 17 rings (SSSR count). The highest BCUT2D eigenvalue weighted by atomic mass is 15.2. The maximum absolute atomic E-state index is 2.69. The number of hydrogen-bond acceptors (Lipinski definition) is 2. The number of hydrogen-bond donors (Lipinski definition) is 0. The molecular weight excluding hydrogens is 1000 g/mol. The van der Waals surface area contributed by atoms with Crippen molar-refractivity contribution in [2.45, 2.75) is 48.5 Å². The van der Waals surface area contributed by atoms with Crippen molar-refractivity contribution in [3.8, 4) is 0 Å². The topological polar surface area (TPSA) is 6.48 Å². The lowest BCUT2D eigenvalue weighted by atomic mass is 9.89. The predicted molar refractivity (Wildman–Crippen MR) is 365 cm³/mol. The molecule has 2 nitrogen and oxygen atoms in total. The Hall–Kier alpha value is -10.0. The Morgan fingerprint density at radius 3 is 0.892 bits per heavy atom. The molecular formula is C81H62N2. The molecule has 0 atom stereocenters. The van der Waals surface area contributed by atoms with Crippen LogP contribution >= 0.6 is 0 Å². The van der Waals surface area contributed by atoms with Crippen molar-refractivity contribution in [3.05, 3.63) is 265 Å². The van der Waals surface area contributed by atoms with Crippen molar-refractivity contribution < 1.29 is 0 Å². The second-order valence-electron chi connectivity index (χ2n) is 22.1. The molecule has 0 spiro atoms. The third-order valence-electron chi connectivity index (χ3n) is 17.7. The van der Waals surface area contributed by atoms with E-state index in [4.69, 9.17) is 0 Å². The standard InChI is InChI=1S/C77H50N2.2C2H6/c1-45-26-35-62-65(40-45)77(79(75-60-24-10-6-16-56(60)44-57-17-7-11-25-61(57)75)69-39-34-53-30-28-49-19-13-21-51-32-37-64(69)73(53)71(49)51)67-42-47(3)46(2)41-66(67)76(62)78(74-58-22-8-4-14-54(58)43-55-15-5-9-23-59(55)74)68-38-33-52-29-27-48-18-12-20-50-31-36-63(68)72(52)70(48)50;2*1-2/h4-44H,1-3H3;2*1-2H3. The van der Waals surface area contributed by atoms with E-state index in [0.29, 0.717) is 0 Å². The summed E-state index contributed by atoms with van der Waals surface area (Å²) in [4.78, 5) is 5.37. The van der Waals surface area contributed by atoms with Gasteiger partial charge in [0.15, 0.2) is 0 Å². The molecule has 0 saturated heterocycles. The summed E-state index contributed by atoms with van der Waals surface area (Å²) < 4.78 is 0. The molecule has 0 bridgehead atoms. The summed E-state index contributed by atoms with van der Waals surface area (Å²) in [7, 11) is 0. The first kappa shape index (κ1) is 50.0. The fraction of sp³-hybridized carbons (Fsp3) is 0.0864. The van der Waals surface area contributed by atoms with Gasteiger partial charge in [0.1, 0.15) is 0 Å². The largest absolute Gasteiger partial charge is 0.307 e. The molecule has 0 heterocycles. The number of anilines is 6. The Bertz CT molecular complexity index is 5300. The van der Waals surface area contributed by atoms with Crippen molar-refractivity contribution in [3.63, 3.8) is 0 Å². The van der Waals surface area contributed by atoms with Crippen molar-refractivity contribution in [1.29, 1.82) is 0 Å². The molecule has 0 fully saturated rings. The van der Waals surface area contributed by atoms with E-state index in [1.54, 1.807) is 0 Å². The van der Waals surface area contributed by atoms with Gasteiger partial charge in [0.05, 0.1) is 34.1 Å². The van der Waals surface area contributed by atoms with Crippen LogP contribution in [0, 0.1) is 20.8 Å². The van der Waals surface area contributed by atoms with Crippen LogP contribution in [0.4, 0.5) is 34.1 Å². The molecule has 0 aliphatic heterocycles. The van der Waals surface area contributed by atoms with Crippen LogP contribution in [0.2, 0.25) is 0 Å². The summed E-state index contributed by atoms with van der Waals surface area (Å²) in [5.74, 6) is 0. The number of fused-ring (bicyclic) bond motifs is 6. The second kappa shape index (κ2) is 19.6. The molecule has 2 heteroatoms. The summed E-state index contributed by atoms with van der Waals surface area (Å²) in [5.41, 5.74) is 10.6. The maximum atomic E-state index is 2.69. The first-order valence-electron chi connectivity index (χ1n) is 29.7. The average Bonchev–Trinajstić information content (AvgIpc) is 3.72. The molecule has 17 aromatic carbocycles. The van der Waals surface area contributed by atoms with Crippen LogP contribution in [0.5, 0.6) is 0 Å². The van der Waals surface area contributed by atoms with E-state index >= 15 is 0 Å². The molecule has 0 saturated carbocycles. The second-order valence-corrected chi connectivity index (χ2v) is 22.1. The summed E-state index contributed by atoms with van der Waals surface area (Å²) in [6.07, 6.45) is 0. The Labute approximate surface area is 484 Å². The van der Waals surface area contributed by atoms with Crippen LogP contribution in [0.25, 0.3) is 129 Å². The zero-order valence-electron chi connectivity index (χ0n) is 48.1. The maximum Gasteiger partial charge on any atom is 0.0620 e. The summed E-state index contributed by atoms with van der Waals surface area (Å²) in [6.45, 7) is 14.9. The third-order valence-corrected chi connectivity index (χ3v) is 17.7. The van der Waals surface area contributed by atoms with Gasteiger partial charge in [-0.1, -0.05) is 240 Å². The van der Waals surface area contributed by atoms with E-state index in [0.717, 1.165) is 22.7 Å². The van der Waals surface area contributed by atoms with E-state index in [9.17, 15) is 0 Å². The highest BCUT2D eigenvalue weighted by molar-refractivity contribution is 6.33. The molecule has 0 amide bonds. The van der Waals surface area contributed by atoms with E-state index in [1.165, 1.54) is 157 Å². The smallest absolute Gasteiger partial charge is 0.0620 e. The Kier molecular flexibility index (Phi) is 11.8. The molecule has 17 aromatic rings. The number of rotatable bonds is 6. The van der Waals surface area contributed by atoms with E-state index in [2.05, 4.69) is 279 Å². The summed E-state index contributed by atoms with van der Waals surface area (Å²) >= 11 is 0. The highest BCUT2D eigenvalue weighted by Gasteiger charge is 2.31. The lowest BCUT2D eigenvalue weighted by Crippen LogP contribution is -2.16. The molecule has 0 aromatic heterocycles. The van der Waals surface area contributed by atoms with Crippen molar-refractivity contribution >= 4 is 163 Å². The van der Waals surface area contributed by atoms with Gasteiger partial charge in [0.25, 0.3) is 0 Å². The molecule has 0 unspecified atom stereocenters. The van der Waals surface area contributed by atoms with Crippen molar-refractivity contribution in [2.24, 2.45) is 0 Å². The van der Waals surface area contributed by atoms with Crippen molar-refractivity contribution in [2.75, 3.05) is 9.80 Å². The lowest BCUT2D eigenvalue weighted by Gasteiger charge is -2.36. The van der Waals surface area contributed by atoms with Gasteiger partial charge in [-0.05, 0) is 150 Å². The fourth-order valence-corrected chi connectivity index (χ4v) is 14.0. The van der Waals surface area contributed by atoms with Crippen molar-refractivity contribution in [1.82, 2.24) is 0 Å². The SMILES string of the molecule is CC.CC.Cc1ccc2c(N(c3c4ccccc4cc4ccccc34)c3ccc4ccc5cccc6ccc3c4c56)c3cc(C)c(C)cc3c(N(c3c4ccccc4cc4ccccc34)c3ccc4ccc5cccc6ccc3c4c56)c2c1. The quantitative estimate of drug-likeness (QED) is 0.0930. The predicted octanol–water partition coefficient (Wildman–Crippen LogP) is 24.3. The van der Waals surface area contributed by atoms with Gasteiger partial charge in [0, 0.05) is 53.9 Å². The Morgan fingerprint density at radius 2 is 0.494 bits per heavy atom. The average molecular weight is 1060 g/mol. The van der Waals surface area contributed by atoms with Crippen LogP contribution in [0.1, 0.15) is 44.4 Å². The van der Waals surface area contributed by atoms with Crippen LogP contribution < -0.4 is 9.80 Å². The van der Waals surface area contributed by atoms with Gasteiger partial charge in [-0.3, -0.25) is 0 Å². The number of aryl methyl sites for hydroxylation is 3. The van der Waals surface area contributed by atoms with Crippen LogP contribution in [-0.4, -0.2) is 0 Å². The van der Waals surface area contributed by atoms with Gasteiger partial charge >= 0.3 is 0 Å². The van der Waals surface area contributed by atoms with E-state index < -0.39 is 0 Å². The van der Waals surface area contributed by atoms with Crippen LogP contribution in [0.3, 0.4) is 0 Å². The Balaban J connectivity index is 0.00000144. The third kappa shape index (κ3) is 7.49. The van der Waals surface area contributed by atoms with Gasteiger partial charge in [-0.25, -0.2) is 0 Å². The molecule has 0 N–H and O–H groups in total. The zero-order valence-corrected chi connectivity index (χ0v) is 48.1. The molecule has 83 heavy (non-hydrogen) atoms. The zero-order chi connectivity index (χ0) is 56.2. The normalized spacial score (nSPS) is 11.8.